The maximum atomic E-state index is 11.4. The summed E-state index contributed by atoms with van der Waals surface area (Å²) in [4.78, 5) is 17.9. The number of nitro groups is 1. The summed E-state index contributed by atoms with van der Waals surface area (Å²) in [6.07, 6.45) is 2.74. The smallest absolute Gasteiger partial charge is 0.271 e. The van der Waals surface area contributed by atoms with E-state index in [-0.39, 0.29) is 17.8 Å². The number of thiocarbonyl (C=S) groups is 1. The molecule has 1 aliphatic rings. The van der Waals surface area contributed by atoms with E-state index >= 15 is 0 Å². The molecule has 4 rings (SSSR count). The summed E-state index contributed by atoms with van der Waals surface area (Å²) in [5.74, 6) is 0.570. The molecular weight excluding hydrogens is 438 g/mol. The lowest BCUT2D eigenvalue weighted by atomic mass is 9.96. The molecule has 33 heavy (non-hydrogen) atoms. The second kappa shape index (κ2) is 9.19. The number of aromatic nitrogens is 2. The molecule has 1 N–H and O–H groups in total. The zero-order valence-corrected chi connectivity index (χ0v) is 19.9. The van der Waals surface area contributed by atoms with Crippen molar-refractivity contribution < 1.29 is 9.66 Å². The standard InChI is InChI=1S/C24H27N5O3S/c1-5-12-27-23(22(26-24(27)33)19-8-6-7-11-25-19)18-13-15(2)28(16(18)3)20-14-17(29(30)31)9-10-21(20)32-4/h6-11,13-14,22-23H,5,12H2,1-4H3,(H,26,33)/t22-,23+/m0/s1. The van der Waals surface area contributed by atoms with Crippen LogP contribution in [0.2, 0.25) is 0 Å². The predicted molar refractivity (Wildman–Crippen MR) is 131 cm³/mol. The van der Waals surface area contributed by atoms with Crippen LogP contribution in [0, 0.1) is 24.0 Å². The minimum absolute atomic E-state index is 0.0162. The number of benzene rings is 1. The van der Waals surface area contributed by atoms with E-state index in [4.69, 9.17) is 17.0 Å². The van der Waals surface area contributed by atoms with Gasteiger partial charge in [0.15, 0.2) is 5.11 Å². The van der Waals surface area contributed by atoms with Gasteiger partial charge in [-0.1, -0.05) is 13.0 Å². The highest BCUT2D eigenvalue weighted by Crippen LogP contribution is 2.42. The molecule has 172 valence electrons. The number of nitrogens with zero attached hydrogens (tertiary/aromatic N) is 4. The third-order valence-corrected chi connectivity index (χ3v) is 6.42. The normalized spacial score (nSPS) is 17.8. The predicted octanol–water partition coefficient (Wildman–Crippen LogP) is 4.79. The minimum atomic E-state index is -0.391. The fourth-order valence-corrected chi connectivity index (χ4v) is 4.98. The summed E-state index contributed by atoms with van der Waals surface area (Å²) in [5.41, 5.74) is 4.60. The first-order chi connectivity index (χ1) is 15.9. The van der Waals surface area contributed by atoms with Crippen LogP contribution in [0.4, 0.5) is 5.69 Å². The van der Waals surface area contributed by atoms with E-state index in [1.807, 2.05) is 36.6 Å². The molecule has 1 fully saturated rings. The van der Waals surface area contributed by atoms with Crippen molar-refractivity contribution in [3.63, 3.8) is 0 Å². The average molecular weight is 466 g/mol. The molecule has 0 bridgehead atoms. The van der Waals surface area contributed by atoms with Crippen LogP contribution >= 0.6 is 12.2 Å². The SMILES string of the molecule is CCCN1C(=S)N[C@@H](c2ccccn2)[C@H]1c1cc(C)n(-c2cc([N+](=O)[O-])ccc2OC)c1C. The molecule has 0 saturated carbocycles. The Morgan fingerprint density at radius 2 is 2.03 bits per heavy atom. The first-order valence-corrected chi connectivity index (χ1v) is 11.3. The van der Waals surface area contributed by atoms with Crippen molar-refractivity contribution in [2.24, 2.45) is 0 Å². The van der Waals surface area contributed by atoms with Gasteiger partial charge in [-0.3, -0.25) is 15.1 Å². The van der Waals surface area contributed by atoms with Crippen LogP contribution < -0.4 is 10.1 Å². The van der Waals surface area contributed by atoms with Gasteiger partial charge in [-0.15, -0.1) is 0 Å². The Hall–Kier alpha value is -3.46. The lowest BCUT2D eigenvalue weighted by molar-refractivity contribution is -0.384. The molecule has 3 aromatic rings. The molecule has 0 spiro atoms. The van der Waals surface area contributed by atoms with Crippen molar-refractivity contribution in [2.45, 2.75) is 39.3 Å². The number of nitro benzene ring substituents is 1. The summed E-state index contributed by atoms with van der Waals surface area (Å²) in [6, 6.07) is 12.5. The molecule has 2 atom stereocenters. The van der Waals surface area contributed by atoms with E-state index in [1.165, 1.54) is 6.07 Å². The molecular formula is C24H27N5O3S. The lowest BCUT2D eigenvalue weighted by Gasteiger charge is -2.28. The summed E-state index contributed by atoms with van der Waals surface area (Å²) in [7, 11) is 1.57. The first kappa shape index (κ1) is 22.7. The minimum Gasteiger partial charge on any atom is -0.495 e. The number of aryl methyl sites for hydroxylation is 1. The Morgan fingerprint density at radius 1 is 1.24 bits per heavy atom. The number of nitrogens with one attached hydrogen (secondary N) is 1. The van der Waals surface area contributed by atoms with Gasteiger partial charge >= 0.3 is 0 Å². The largest absolute Gasteiger partial charge is 0.495 e. The Balaban J connectivity index is 1.88. The van der Waals surface area contributed by atoms with Crippen LogP contribution in [0.15, 0.2) is 48.7 Å². The molecule has 1 aliphatic heterocycles. The molecule has 0 aliphatic carbocycles. The van der Waals surface area contributed by atoms with Gasteiger partial charge in [0.05, 0.1) is 35.5 Å². The number of methoxy groups -OCH3 is 1. The topological polar surface area (TPSA) is 85.5 Å². The van der Waals surface area contributed by atoms with E-state index < -0.39 is 4.92 Å². The maximum absolute atomic E-state index is 11.4. The van der Waals surface area contributed by atoms with Gasteiger partial charge in [-0.25, -0.2) is 0 Å². The van der Waals surface area contributed by atoms with E-state index in [0.29, 0.717) is 16.5 Å². The first-order valence-electron chi connectivity index (χ1n) is 10.9. The highest BCUT2D eigenvalue weighted by Gasteiger charge is 2.41. The number of hydrogen-bond acceptors (Lipinski definition) is 5. The molecule has 9 heteroatoms. The van der Waals surface area contributed by atoms with Crippen molar-refractivity contribution in [1.82, 2.24) is 19.8 Å². The number of hydrogen-bond donors (Lipinski definition) is 1. The monoisotopic (exact) mass is 465 g/mol. The Labute approximate surface area is 198 Å². The quantitative estimate of drug-likeness (QED) is 0.305. The van der Waals surface area contributed by atoms with Crippen LogP contribution in [0.25, 0.3) is 5.69 Å². The molecule has 2 aromatic heterocycles. The van der Waals surface area contributed by atoms with Gasteiger partial charge in [-0.05, 0) is 62.3 Å². The van der Waals surface area contributed by atoms with Gasteiger partial charge in [0, 0.05) is 36.3 Å². The third-order valence-electron chi connectivity index (χ3n) is 6.07. The Kier molecular flexibility index (Phi) is 6.33. The van der Waals surface area contributed by atoms with E-state index in [9.17, 15) is 10.1 Å². The summed E-state index contributed by atoms with van der Waals surface area (Å²) >= 11 is 5.71. The van der Waals surface area contributed by atoms with Crippen LogP contribution in [0.5, 0.6) is 5.75 Å². The highest BCUT2D eigenvalue weighted by atomic mass is 32.1. The molecule has 0 unspecified atom stereocenters. The van der Waals surface area contributed by atoms with Gasteiger partial charge in [0.25, 0.3) is 5.69 Å². The second-order valence-electron chi connectivity index (χ2n) is 8.10. The molecule has 8 nitrogen and oxygen atoms in total. The Morgan fingerprint density at radius 3 is 2.67 bits per heavy atom. The van der Waals surface area contributed by atoms with E-state index in [0.717, 1.165) is 35.6 Å². The summed E-state index contributed by atoms with van der Waals surface area (Å²) in [5, 5.41) is 15.6. The Bertz CT molecular complexity index is 1190. The second-order valence-corrected chi connectivity index (χ2v) is 8.48. The molecule has 3 heterocycles. The van der Waals surface area contributed by atoms with Crippen LogP contribution in [-0.4, -0.2) is 38.1 Å². The molecule has 0 radical (unpaired) electrons. The van der Waals surface area contributed by atoms with E-state index in [2.05, 4.69) is 28.2 Å². The third kappa shape index (κ3) is 4.04. The lowest BCUT2D eigenvalue weighted by Crippen LogP contribution is -2.30. The van der Waals surface area contributed by atoms with Crippen molar-refractivity contribution in [3.8, 4) is 11.4 Å². The van der Waals surface area contributed by atoms with Gasteiger partial charge < -0.3 is 19.5 Å². The van der Waals surface area contributed by atoms with Gasteiger partial charge in [0.1, 0.15) is 5.75 Å². The van der Waals surface area contributed by atoms with Crippen LogP contribution in [0.1, 0.15) is 48.1 Å². The van der Waals surface area contributed by atoms with Crippen LogP contribution in [0.3, 0.4) is 0 Å². The average Bonchev–Trinajstić information content (AvgIpc) is 3.29. The highest BCUT2D eigenvalue weighted by molar-refractivity contribution is 7.80. The maximum Gasteiger partial charge on any atom is 0.271 e. The number of ether oxygens (including phenoxy) is 1. The molecule has 1 saturated heterocycles. The molecule has 1 aromatic carbocycles. The van der Waals surface area contributed by atoms with Gasteiger partial charge in [-0.2, -0.15) is 0 Å². The van der Waals surface area contributed by atoms with Crippen molar-refractivity contribution in [3.05, 3.63) is 81.4 Å². The zero-order valence-electron chi connectivity index (χ0n) is 19.1. The fourth-order valence-electron chi connectivity index (χ4n) is 4.65. The van der Waals surface area contributed by atoms with Gasteiger partial charge in [0.2, 0.25) is 0 Å². The number of non-ortho nitro benzene ring substituents is 1. The van der Waals surface area contributed by atoms with Crippen molar-refractivity contribution in [1.29, 1.82) is 0 Å². The molecule has 0 amide bonds. The van der Waals surface area contributed by atoms with E-state index in [1.54, 1.807) is 25.4 Å². The van der Waals surface area contributed by atoms with Crippen molar-refractivity contribution in [2.75, 3.05) is 13.7 Å². The zero-order chi connectivity index (χ0) is 23.7. The van der Waals surface area contributed by atoms with Crippen molar-refractivity contribution >= 4 is 23.0 Å². The summed E-state index contributed by atoms with van der Waals surface area (Å²) < 4.78 is 7.57. The summed E-state index contributed by atoms with van der Waals surface area (Å²) in [6.45, 7) is 6.96. The number of rotatable bonds is 7. The van der Waals surface area contributed by atoms with Crippen LogP contribution in [-0.2, 0) is 0 Å². The fraction of sp³-hybridized carbons (Fsp3) is 0.333. The number of pyridine rings is 1.